The van der Waals surface area contributed by atoms with Crippen molar-refractivity contribution in [2.75, 3.05) is 6.54 Å². The smallest absolute Gasteiger partial charge is 0.0609 e. The topological polar surface area (TPSA) is 37.8 Å². The van der Waals surface area contributed by atoms with E-state index in [1.807, 2.05) is 20.0 Å². The zero-order valence-corrected chi connectivity index (χ0v) is 12.1. The van der Waals surface area contributed by atoms with E-state index in [0.29, 0.717) is 0 Å². The summed E-state index contributed by atoms with van der Waals surface area (Å²) in [6, 6.07) is 8.57. The summed E-state index contributed by atoms with van der Waals surface area (Å²) >= 11 is 0. The Morgan fingerprint density at radius 2 is 1.79 bits per heavy atom. The van der Waals surface area contributed by atoms with Gasteiger partial charge in [0.15, 0.2) is 0 Å². The minimum absolute atomic E-state index is 0.159. The quantitative estimate of drug-likeness (QED) is 0.912. The Morgan fingerprint density at radius 3 is 2.37 bits per heavy atom. The summed E-state index contributed by atoms with van der Waals surface area (Å²) in [6.07, 6.45) is 1.95. The number of rotatable bonds is 4. The van der Waals surface area contributed by atoms with Gasteiger partial charge in [-0.05, 0) is 50.6 Å². The molecule has 1 unspecified atom stereocenters. The van der Waals surface area contributed by atoms with Crippen molar-refractivity contribution in [2.24, 2.45) is 0 Å². The molecule has 19 heavy (non-hydrogen) atoms. The van der Waals surface area contributed by atoms with Crippen molar-refractivity contribution in [1.82, 2.24) is 15.3 Å². The van der Waals surface area contributed by atoms with Gasteiger partial charge >= 0.3 is 0 Å². The molecule has 0 aliphatic heterocycles. The van der Waals surface area contributed by atoms with E-state index in [4.69, 9.17) is 0 Å². The van der Waals surface area contributed by atoms with Crippen LogP contribution in [0.5, 0.6) is 0 Å². The Labute approximate surface area is 115 Å². The van der Waals surface area contributed by atoms with Crippen molar-refractivity contribution in [3.63, 3.8) is 0 Å². The molecule has 0 bridgehead atoms. The summed E-state index contributed by atoms with van der Waals surface area (Å²) in [5.74, 6) is 0. The Morgan fingerprint density at radius 1 is 1.05 bits per heavy atom. The average Bonchev–Trinajstić information content (AvgIpc) is 2.38. The minimum Gasteiger partial charge on any atom is -0.306 e. The van der Waals surface area contributed by atoms with Crippen molar-refractivity contribution >= 4 is 0 Å². The van der Waals surface area contributed by atoms with E-state index in [2.05, 4.69) is 53.4 Å². The first-order valence-electron chi connectivity index (χ1n) is 6.72. The van der Waals surface area contributed by atoms with Crippen molar-refractivity contribution in [2.45, 2.75) is 33.7 Å². The number of aryl methyl sites for hydroxylation is 3. The van der Waals surface area contributed by atoms with Crippen LogP contribution in [0.1, 0.15) is 41.2 Å². The maximum atomic E-state index is 4.56. The summed E-state index contributed by atoms with van der Waals surface area (Å²) in [5.41, 5.74) is 5.57. The van der Waals surface area contributed by atoms with Crippen LogP contribution >= 0.6 is 0 Å². The minimum atomic E-state index is 0.159. The molecule has 2 aromatic heterocycles. The van der Waals surface area contributed by atoms with Crippen molar-refractivity contribution < 1.29 is 0 Å². The third kappa shape index (κ3) is 3.18. The first kappa shape index (κ1) is 13.7. The van der Waals surface area contributed by atoms with E-state index >= 15 is 0 Å². The number of pyridine rings is 2. The second kappa shape index (κ2) is 5.93. The van der Waals surface area contributed by atoms with Crippen LogP contribution in [0, 0.1) is 20.8 Å². The molecule has 3 heteroatoms. The Bertz CT molecular complexity index is 546. The molecule has 0 radical (unpaired) electrons. The second-order valence-corrected chi connectivity index (χ2v) is 4.85. The van der Waals surface area contributed by atoms with Gasteiger partial charge in [0.2, 0.25) is 0 Å². The molecule has 0 amide bonds. The molecular weight excluding hydrogens is 234 g/mol. The fourth-order valence-corrected chi connectivity index (χ4v) is 2.26. The Hall–Kier alpha value is -1.74. The predicted octanol–water partition coefficient (Wildman–Crippen LogP) is 3.10. The fraction of sp³-hybridized carbons (Fsp3) is 0.375. The summed E-state index contributed by atoms with van der Waals surface area (Å²) in [7, 11) is 0. The van der Waals surface area contributed by atoms with Gasteiger partial charge in [-0.1, -0.05) is 19.1 Å². The molecule has 0 fully saturated rings. The van der Waals surface area contributed by atoms with Gasteiger partial charge in [0.25, 0.3) is 0 Å². The highest BCUT2D eigenvalue weighted by Crippen LogP contribution is 2.23. The van der Waals surface area contributed by atoms with Crippen LogP contribution in [0.15, 0.2) is 30.5 Å². The van der Waals surface area contributed by atoms with Crippen LogP contribution in [0.2, 0.25) is 0 Å². The third-order valence-electron chi connectivity index (χ3n) is 3.25. The molecule has 2 rings (SSSR count). The monoisotopic (exact) mass is 255 g/mol. The molecule has 0 spiro atoms. The Kier molecular flexibility index (Phi) is 4.27. The van der Waals surface area contributed by atoms with Gasteiger partial charge in [-0.2, -0.15) is 0 Å². The molecule has 2 aromatic rings. The summed E-state index contributed by atoms with van der Waals surface area (Å²) < 4.78 is 0. The van der Waals surface area contributed by atoms with E-state index < -0.39 is 0 Å². The SMILES string of the molecule is CCNC(c1ccc(C)nc1)c1ccc(C)nc1C. The summed E-state index contributed by atoms with van der Waals surface area (Å²) in [4.78, 5) is 8.95. The Balaban J connectivity index is 2.41. The van der Waals surface area contributed by atoms with Gasteiger partial charge < -0.3 is 5.32 Å². The molecule has 2 heterocycles. The van der Waals surface area contributed by atoms with Crippen LogP contribution in [-0.4, -0.2) is 16.5 Å². The molecule has 0 saturated carbocycles. The van der Waals surface area contributed by atoms with Crippen LogP contribution in [0.4, 0.5) is 0 Å². The first-order chi connectivity index (χ1) is 9.11. The third-order valence-corrected chi connectivity index (χ3v) is 3.25. The molecule has 1 N–H and O–H groups in total. The second-order valence-electron chi connectivity index (χ2n) is 4.85. The zero-order chi connectivity index (χ0) is 13.8. The van der Waals surface area contributed by atoms with Crippen molar-refractivity contribution in [3.8, 4) is 0 Å². The molecular formula is C16H21N3. The van der Waals surface area contributed by atoms with E-state index in [-0.39, 0.29) is 6.04 Å². The van der Waals surface area contributed by atoms with Crippen LogP contribution < -0.4 is 5.32 Å². The highest BCUT2D eigenvalue weighted by atomic mass is 14.9. The number of aromatic nitrogens is 2. The highest BCUT2D eigenvalue weighted by molar-refractivity contribution is 5.34. The first-order valence-corrected chi connectivity index (χ1v) is 6.72. The molecule has 0 aromatic carbocycles. The molecule has 0 aliphatic rings. The molecule has 0 saturated heterocycles. The molecule has 0 aliphatic carbocycles. The van der Waals surface area contributed by atoms with E-state index in [0.717, 1.165) is 23.6 Å². The number of hydrogen-bond acceptors (Lipinski definition) is 3. The van der Waals surface area contributed by atoms with Crippen LogP contribution in [0.3, 0.4) is 0 Å². The van der Waals surface area contributed by atoms with Gasteiger partial charge in [0.1, 0.15) is 0 Å². The van der Waals surface area contributed by atoms with E-state index in [1.165, 1.54) is 11.1 Å². The van der Waals surface area contributed by atoms with Crippen molar-refractivity contribution in [3.05, 3.63) is 58.7 Å². The van der Waals surface area contributed by atoms with E-state index in [1.54, 1.807) is 0 Å². The van der Waals surface area contributed by atoms with Crippen LogP contribution in [0.25, 0.3) is 0 Å². The van der Waals surface area contributed by atoms with Crippen LogP contribution in [-0.2, 0) is 0 Å². The van der Waals surface area contributed by atoms with Crippen molar-refractivity contribution in [1.29, 1.82) is 0 Å². The molecule has 3 nitrogen and oxygen atoms in total. The van der Waals surface area contributed by atoms with Gasteiger partial charge in [0.05, 0.1) is 6.04 Å². The van der Waals surface area contributed by atoms with E-state index in [9.17, 15) is 0 Å². The summed E-state index contributed by atoms with van der Waals surface area (Å²) in [6.45, 7) is 9.11. The number of nitrogens with zero attached hydrogens (tertiary/aromatic N) is 2. The van der Waals surface area contributed by atoms with Gasteiger partial charge in [-0.3, -0.25) is 9.97 Å². The number of hydrogen-bond donors (Lipinski definition) is 1. The average molecular weight is 255 g/mol. The maximum Gasteiger partial charge on any atom is 0.0609 e. The standard InChI is InChI=1S/C16H21N3/c1-5-17-16(14-8-6-11(2)18-10-14)15-9-7-12(3)19-13(15)4/h6-10,16-17H,5H2,1-4H3. The highest BCUT2D eigenvalue weighted by Gasteiger charge is 2.16. The normalized spacial score (nSPS) is 12.4. The molecule has 100 valence electrons. The van der Waals surface area contributed by atoms with Gasteiger partial charge in [-0.25, -0.2) is 0 Å². The lowest BCUT2D eigenvalue weighted by Gasteiger charge is -2.20. The van der Waals surface area contributed by atoms with Gasteiger partial charge in [-0.15, -0.1) is 0 Å². The fourth-order valence-electron chi connectivity index (χ4n) is 2.26. The van der Waals surface area contributed by atoms with Gasteiger partial charge in [0, 0.05) is 23.3 Å². The lowest BCUT2D eigenvalue weighted by atomic mass is 9.98. The lowest BCUT2D eigenvalue weighted by molar-refractivity contribution is 0.622. The lowest BCUT2D eigenvalue weighted by Crippen LogP contribution is -2.23. The zero-order valence-electron chi connectivity index (χ0n) is 12.1. The predicted molar refractivity (Wildman–Crippen MR) is 78.2 cm³/mol. The number of nitrogens with one attached hydrogen (secondary N) is 1. The largest absolute Gasteiger partial charge is 0.306 e. The maximum absolute atomic E-state index is 4.56. The summed E-state index contributed by atoms with van der Waals surface area (Å²) in [5, 5.41) is 3.51. The molecule has 1 atom stereocenters.